The molecule has 0 heterocycles. The molecule has 1 aromatic carbocycles. The molecule has 1 aromatic rings. The van der Waals surface area contributed by atoms with E-state index in [0.717, 1.165) is 18.4 Å². The van der Waals surface area contributed by atoms with Crippen molar-refractivity contribution in [3.63, 3.8) is 0 Å². The van der Waals surface area contributed by atoms with Crippen LogP contribution in [0.5, 0.6) is 0 Å². The molecule has 0 bridgehead atoms. The van der Waals surface area contributed by atoms with Gasteiger partial charge in [-0.3, -0.25) is 0 Å². The molecule has 96 valence electrons. The van der Waals surface area contributed by atoms with E-state index in [1.165, 1.54) is 5.69 Å². The molecule has 0 aliphatic carbocycles. The molecule has 1 N–H and O–H groups in total. The molecular weight excluding hydrogens is 210 g/mol. The van der Waals surface area contributed by atoms with Crippen molar-refractivity contribution < 1.29 is 5.11 Å². The Morgan fingerprint density at radius 1 is 1.18 bits per heavy atom. The van der Waals surface area contributed by atoms with Gasteiger partial charge in [0.2, 0.25) is 0 Å². The standard InChI is InChI=1S/C15H25NO/c1-6-14(17)12-8-10-13(11-9-12)16(5)15(3,4)7-2/h8-11,14,17H,6-7H2,1-5H3/t14-/m1/s1. The highest BCUT2D eigenvalue weighted by atomic mass is 16.3. The molecule has 0 unspecified atom stereocenters. The number of hydrogen-bond acceptors (Lipinski definition) is 2. The Balaban J connectivity index is 2.88. The molecule has 0 fully saturated rings. The van der Waals surface area contributed by atoms with E-state index in [9.17, 15) is 5.11 Å². The zero-order valence-electron chi connectivity index (χ0n) is 11.7. The van der Waals surface area contributed by atoms with Gasteiger partial charge in [0.05, 0.1) is 6.10 Å². The Kier molecular flexibility index (Phi) is 4.58. The highest BCUT2D eigenvalue weighted by Crippen LogP contribution is 2.26. The molecule has 17 heavy (non-hydrogen) atoms. The third-order valence-electron chi connectivity index (χ3n) is 3.83. The van der Waals surface area contributed by atoms with Crippen LogP contribution < -0.4 is 4.90 Å². The van der Waals surface area contributed by atoms with Crippen molar-refractivity contribution >= 4 is 5.69 Å². The van der Waals surface area contributed by atoms with Crippen molar-refractivity contribution in [2.24, 2.45) is 0 Å². The summed E-state index contributed by atoms with van der Waals surface area (Å²) in [5.41, 5.74) is 2.35. The summed E-state index contributed by atoms with van der Waals surface area (Å²) in [5.74, 6) is 0. The van der Waals surface area contributed by atoms with Gasteiger partial charge in [-0.2, -0.15) is 0 Å². The lowest BCUT2D eigenvalue weighted by Crippen LogP contribution is -2.40. The zero-order valence-corrected chi connectivity index (χ0v) is 11.7. The fourth-order valence-electron chi connectivity index (χ4n) is 1.74. The fourth-order valence-corrected chi connectivity index (χ4v) is 1.74. The van der Waals surface area contributed by atoms with Crippen molar-refractivity contribution in [3.05, 3.63) is 29.8 Å². The molecule has 1 rings (SSSR count). The van der Waals surface area contributed by atoms with E-state index in [1.54, 1.807) is 0 Å². The lowest BCUT2D eigenvalue weighted by Gasteiger charge is -2.37. The minimum Gasteiger partial charge on any atom is -0.388 e. The van der Waals surface area contributed by atoms with E-state index in [-0.39, 0.29) is 11.6 Å². The molecule has 0 aliphatic heterocycles. The summed E-state index contributed by atoms with van der Waals surface area (Å²) in [6.07, 6.45) is 1.52. The van der Waals surface area contributed by atoms with Gasteiger partial charge in [0.15, 0.2) is 0 Å². The van der Waals surface area contributed by atoms with Crippen molar-refractivity contribution in [1.82, 2.24) is 0 Å². The maximum atomic E-state index is 9.75. The molecule has 0 saturated heterocycles. The first-order chi connectivity index (χ1) is 7.92. The van der Waals surface area contributed by atoms with Gasteiger partial charge in [0.1, 0.15) is 0 Å². The smallest absolute Gasteiger partial charge is 0.0787 e. The first-order valence-corrected chi connectivity index (χ1v) is 6.44. The van der Waals surface area contributed by atoms with Crippen LogP contribution >= 0.6 is 0 Å². The predicted molar refractivity (Wildman–Crippen MR) is 74.5 cm³/mol. The lowest BCUT2D eigenvalue weighted by atomic mass is 9.98. The van der Waals surface area contributed by atoms with Gasteiger partial charge in [-0.05, 0) is 44.4 Å². The van der Waals surface area contributed by atoms with Crippen molar-refractivity contribution in [1.29, 1.82) is 0 Å². The summed E-state index contributed by atoms with van der Waals surface area (Å²) < 4.78 is 0. The van der Waals surface area contributed by atoms with Gasteiger partial charge in [-0.1, -0.05) is 26.0 Å². The number of aliphatic hydroxyl groups is 1. The van der Waals surface area contributed by atoms with Crippen molar-refractivity contribution in [2.75, 3.05) is 11.9 Å². The molecule has 0 radical (unpaired) electrons. The van der Waals surface area contributed by atoms with Crippen LogP contribution in [0, 0.1) is 0 Å². The van der Waals surface area contributed by atoms with E-state index in [1.807, 2.05) is 19.1 Å². The summed E-state index contributed by atoms with van der Waals surface area (Å²) in [5, 5.41) is 9.75. The number of nitrogens with zero attached hydrogens (tertiary/aromatic N) is 1. The van der Waals surface area contributed by atoms with E-state index >= 15 is 0 Å². The molecule has 0 amide bonds. The van der Waals surface area contributed by atoms with Crippen LogP contribution in [0.15, 0.2) is 24.3 Å². The van der Waals surface area contributed by atoms with E-state index in [4.69, 9.17) is 0 Å². The third kappa shape index (κ3) is 3.22. The molecule has 1 atom stereocenters. The van der Waals surface area contributed by atoms with Gasteiger partial charge in [-0.25, -0.2) is 0 Å². The van der Waals surface area contributed by atoms with Crippen LogP contribution in [0.1, 0.15) is 52.2 Å². The number of hydrogen-bond donors (Lipinski definition) is 1. The second kappa shape index (κ2) is 5.54. The predicted octanol–water partition coefficient (Wildman–Crippen LogP) is 3.75. The maximum Gasteiger partial charge on any atom is 0.0787 e. The van der Waals surface area contributed by atoms with Gasteiger partial charge in [0.25, 0.3) is 0 Å². The normalized spacial score (nSPS) is 13.5. The summed E-state index contributed by atoms with van der Waals surface area (Å²) in [7, 11) is 2.12. The quantitative estimate of drug-likeness (QED) is 0.840. The lowest BCUT2D eigenvalue weighted by molar-refractivity contribution is 0.173. The van der Waals surface area contributed by atoms with Gasteiger partial charge in [0, 0.05) is 18.3 Å². The Bertz CT molecular complexity index is 342. The topological polar surface area (TPSA) is 23.5 Å². The Hall–Kier alpha value is -1.02. The fraction of sp³-hybridized carbons (Fsp3) is 0.600. The highest BCUT2D eigenvalue weighted by molar-refractivity contribution is 5.49. The van der Waals surface area contributed by atoms with Crippen LogP contribution in [-0.4, -0.2) is 17.7 Å². The van der Waals surface area contributed by atoms with Gasteiger partial charge in [-0.15, -0.1) is 0 Å². The first-order valence-electron chi connectivity index (χ1n) is 6.44. The van der Waals surface area contributed by atoms with Crippen LogP contribution in [-0.2, 0) is 0 Å². The summed E-state index contributed by atoms with van der Waals surface area (Å²) in [6, 6.07) is 8.22. The van der Waals surface area contributed by atoms with E-state index in [2.05, 4.69) is 44.9 Å². The molecule has 2 nitrogen and oxygen atoms in total. The van der Waals surface area contributed by atoms with E-state index in [0.29, 0.717) is 0 Å². The number of benzene rings is 1. The highest BCUT2D eigenvalue weighted by Gasteiger charge is 2.21. The Labute approximate surface area is 105 Å². The molecule has 0 aliphatic rings. The summed E-state index contributed by atoms with van der Waals surface area (Å²) >= 11 is 0. The zero-order chi connectivity index (χ0) is 13.1. The van der Waals surface area contributed by atoms with Crippen LogP contribution in [0.25, 0.3) is 0 Å². The second-order valence-corrected chi connectivity index (χ2v) is 5.24. The first kappa shape index (κ1) is 14.0. The second-order valence-electron chi connectivity index (χ2n) is 5.24. The average molecular weight is 235 g/mol. The average Bonchev–Trinajstić information content (AvgIpc) is 2.37. The maximum absolute atomic E-state index is 9.75. The molecule has 0 aromatic heterocycles. The minimum atomic E-state index is -0.339. The molecular formula is C15H25NO. The SMILES string of the molecule is CC[C@@H](O)c1ccc(N(C)C(C)(C)CC)cc1. The number of anilines is 1. The van der Waals surface area contributed by atoms with Crippen molar-refractivity contribution in [2.45, 2.75) is 52.2 Å². The monoisotopic (exact) mass is 235 g/mol. The summed E-state index contributed by atoms with van der Waals surface area (Å²) in [4.78, 5) is 2.29. The van der Waals surface area contributed by atoms with Crippen molar-refractivity contribution in [3.8, 4) is 0 Å². The van der Waals surface area contributed by atoms with Gasteiger partial charge >= 0.3 is 0 Å². The Morgan fingerprint density at radius 3 is 2.12 bits per heavy atom. The molecule has 2 heteroatoms. The number of rotatable bonds is 5. The summed E-state index contributed by atoms with van der Waals surface area (Å²) in [6.45, 7) is 8.67. The minimum absolute atomic E-state index is 0.158. The van der Waals surface area contributed by atoms with Crippen LogP contribution in [0.4, 0.5) is 5.69 Å². The largest absolute Gasteiger partial charge is 0.388 e. The van der Waals surface area contributed by atoms with Gasteiger partial charge < -0.3 is 10.0 Å². The molecule has 0 saturated carbocycles. The Morgan fingerprint density at radius 2 is 1.71 bits per heavy atom. The van der Waals surface area contributed by atoms with Crippen LogP contribution in [0.2, 0.25) is 0 Å². The third-order valence-corrected chi connectivity index (χ3v) is 3.83. The molecule has 0 spiro atoms. The van der Waals surface area contributed by atoms with Crippen LogP contribution in [0.3, 0.4) is 0 Å². The van der Waals surface area contributed by atoms with E-state index < -0.39 is 0 Å². The number of aliphatic hydroxyl groups excluding tert-OH is 1.